The van der Waals surface area contributed by atoms with Gasteiger partial charge in [0.25, 0.3) is 0 Å². The van der Waals surface area contributed by atoms with Crippen LogP contribution in [-0.4, -0.2) is 48.0 Å². The Morgan fingerprint density at radius 3 is 2.50 bits per heavy atom. The van der Waals surface area contributed by atoms with E-state index in [2.05, 4.69) is 0 Å². The molecule has 0 aromatic heterocycles. The highest BCUT2D eigenvalue weighted by atomic mass is 16.6. The normalized spacial score (nSPS) is 23.3. The lowest BCUT2D eigenvalue weighted by molar-refractivity contribution is -0.0490. The summed E-state index contributed by atoms with van der Waals surface area (Å²) in [6, 6.07) is 9.86. The Hall–Kier alpha value is -1.75. The van der Waals surface area contributed by atoms with Gasteiger partial charge in [-0.1, -0.05) is 18.2 Å². The first-order valence-electron chi connectivity index (χ1n) is 8.69. The largest absolute Gasteiger partial charge is 0.488 e. The summed E-state index contributed by atoms with van der Waals surface area (Å²) in [5.41, 5.74) is -0.608. The van der Waals surface area contributed by atoms with Crippen molar-refractivity contribution in [2.45, 2.75) is 57.3 Å². The van der Waals surface area contributed by atoms with Gasteiger partial charge in [-0.3, -0.25) is 0 Å². The van der Waals surface area contributed by atoms with Gasteiger partial charge in [0.2, 0.25) is 0 Å². The van der Waals surface area contributed by atoms with E-state index in [9.17, 15) is 4.79 Å². The monoisotopic (exact) mass is 333 g/mol. The first-order valence-corrected chi connectivity index (χ1v) is 8.69. The fourth-order valence-electron chi connectivity index (χ4n) is 3.34. The maximum atomic E-state index is 12.2. The fourth-order valence-corrected chi connectivity index (χ4v) is 3.34. The van der Waals surface area contributed by atoms with Crippen LogP contribution < -0.4 is 4.74 Å². The fraction of sp³-hybridized carbons (Fsp3) is 0.632. The highest BCUT2D eigenvalue weighted by molar-refractivity contribution is 5.68. The second kappa shape index (κ2) is 6.63. The molecular weight excluding hydrogens is 306 g/mol. The number of likely N-dealkylation sites (tertiary alicyclic amines) is 1. The molecule has 1 aromatic rings. The molecule has 5 heteroatoms. The van der Waals surface area contributed by atoms with Crippen molar-refractivity contribution in [3.63, 3.8) is 0 Å². The minimum Gasteiger partial charge on any atom is -0.488 e. The molecule has 5 nitrogen and oxygen atoms in total. The summed E-state index contributed by atoms with van der Waals surface area (Å²) >= 11 is 0. The SMILES string of the molecule is CC(C)(C)OC(=O)N1CCC2(CC1)CC(Oc1ccccc1)CO2. The molecule has 1 aromatic carbocycles. The van der Waals surface area contributed by atoms with Gasteiger partial charge in [0, 0.05) is 19.5 Å². The number of carbonyl (C=O) groups is 1. The minimum absolute atomic E-state index is 0.0838. The molecule has 2 fully saturated rings. The zero-order chi connectivity index (χ0) is 17.2. The number of carbonyl (C=O) groups excluding carboxylic acids is 1. The van der Waals surface area contributed by atoms with Crippen LogP contribution in [-0.2, 0) is 9.47 Å². The van der Waals surface area contributed by atoms with Crippen molar-refractivity contribution in [2.24, 2.45) is 0 Å². The number of piperidine rings is 1. The van der Waals surface area contributed by atoms with Crippen LogP contribution in [0, 0.1) is 0 Å². The third kappa shape index (κ3) is 4.20. The van der Waals surface area contributed by atoms with Gasteiger partial charge in [0.1, 0.15) is 17.5 Å². The van der Waals surface area contributed by atoms with Crippen molar-refractivity contribution < 1.29 is 19.0 Å². The van der Waals surface area contributed by atoms with E-state index in [4.69, 9.17) is 14.2 Å². The summed E-state index contributed by atoms with van der Waals surface area (Å²) in [6.45, 7) is 7.63. The van der Waals surface area contributed by atoms with E-state index in [-0.39, 0.29) is 17.8 Å². The lowest BCUT2D eigenvalue weighted by atomic mass is 9.88. The molecule has 1 unspecified atom stereocenters. The predicted octanol–water partition coefficient (Wildman–Crippen LogP) is 3.62. The Morgan fingerprint density at radius 1 is 1.21 bits per heavy atom. The first-order chi connectivity index (χ1) is 11.4. The van der Waals surface area contributed by atoms with Crippen LogP contribution in [0.4, 0.5) is 4.79 Å². The highest BCUT2D eigenvalue weighted by Crippen LogP contribution is 2.37. The summed E-state index contributed by atoms with van der Waals surface area (Å²) in [4.78, 5) is 13.9. The number of rotatable bonds is 2. The molecule has 2 aliphatic rings. The van der Waals surface area contributed by atoms with E-state index in [1.165, 1.54) is 0 Å². The van der Waals surface area contributed by atoms with Crippen LogP contribution in [0.5, 0.6) is 5.75 Å². The van der Waals surface area contributed by atoms with Gasteiger partial charge in [0.05, 0.1) is 12.2 Å². The Kier molecular flexibility index (Phi) is 4.72. The summed E-state index contributed by atoms with van der Waals surface area (Å²) in [5.74, 6) is 0.884. The second-order valence-corrected chi connectivity index (χ2v) is 7.72. The molecule has 0 radical (unpaired) electrons. The Balaban J connectivity index is 1.50. The maximum absolute atomic E-state index is 12.2. The van der Waals surface area contributed by atoms with Crippen molar-refractivity contribution in [1.29, 1.82) is 0 Å². The average Bonchev–Trinajstić information content (AvgIpc) is 2.90. The third-order valence-electron chi connectivity index (χ3n) is 4.55. The van der Waals surface area contributed by atoms with Gasteiger partial charge in [-0.25, -0.2) is 4.79 Å². The summed E-state index contributed by atoms with van der Waals surface area (Å²) in [6.07, 6.45) is 2.40. The molecule has 2 aliphatic heterocycles. The molecule has 1 amide bonds. The zero-order valence-electron chi connectivity index (χ0n) is 14.8. The van der Waals surface area contributed by atoms with Crippen LogP contribution in [0.25, 0.3) is 0 Å². The van der Waals surface area contributed by atoms with Crippen LogP contribution in [0.15, 0.2) is 30.3 Å². The molecule has 2 heterocycles. The zero-order valence-corrected chi connectivity index (χ0v) is 14.8. The molecule has 132 valence electrons. The number of hydrogen-bond donors (Lipinski definition) is 0. The van der Waals surface area contributed by atoms with Crippen molar-refractivity contribution in [3.05, 3.63) is 30.3 Å². The summed E-state index contributed by atoms with van der Waals surface area (Å²) in [5, 5.41) is 0. The minimum atomic E-state index is -0.454. The number of amides is 1. The van der Waals surface area contributed by atoms with Gasteiger partial charge in [0.15, 0.2) is 0 Å². The van der Waals surface area contributed by atoms with E-state index < -0.39 is 5.60 Å². The van der Waals surface area contributed by atoms with E-state index in [0.717, 1.165) is 25.0 Å². The number of benzene rings is 1. The summed E-state index contributed by atoms with van der Waals surface area (Å²) in [7, 11) is 0. The van der Waals surface area contributed by atoms with Crippen LogP contribution >= 0.6 is 0 Å². The molecule has 0 aliphatic carbocycles. The molecule has 0 saturated carbocycles. The van der Waals surface area contributed by atoms with Gasteiger partial charge in [-0.05, 0) is 45.7 Å². The Labute approximate surface area is 143 Å². The number of para-hydroxylation sites is 1. The predicted molar refractivity (Wildman–Crippen MR) is 91.2 cm³/mol. The lowest BCUT2D eigenvalue weighted by Gasteiger charge is -2.38. The second-order valence-electron chi connectivity index (χ2n) is 7.72. The van der Waals surface area contributed by atoms with E-state index in [1.54, 1.807) is 4.90 Å². The van der Waals surface area contributed by atoms with Crippen LogP contribution in [0.3, 0.4) is 0 Å². The molecule has 0 N–H and O–H groups in total. The van der Waals surface area contributed by atoms with Crippen molar-refractivity contribution in [3.8, 4) is 5.75 Å². The Morgan fingerprint density at radius 2 is 1.88 bits per heavy atom. The van der Waals surface area contributed by atoms with Crippen molar-refractivity contribution in [1.82, 2.24) is 4.90 Å². The van der Waals surface area contributed by atoms with Gasteiger partial charge < -0.3 is 19.1 Å². The van der Waals surface area contributed by atoms with Crippen molar-refractivity contribution >= 4 is 6.09 Å². The van der Waals surface area contributed by atoms with E-state index in [0.29, 0.717) is 19.7 Å². The van der Waals surface area contributed by atoms with E-state index in [1.807, 2.05) is 51.1 Å². The lowest BCUT2D eigenvalue weighted by Crippen LogP contribution is -2.48. The van der Waals surface area contributed by atoms with Crippen LogP contribution in [0.2, 0.25) is 0 Å². The smallest absolute Gasteiger partial charge is 0.410 e. The van der Waals surface area contributed by atoms with Crippen LogP contribution in [0.1, 0.15) is 40.0 Å². The van der Waals surface area contributed by atoms with Crippen molar-refractivity contribution in [2.75, 3.05) is 19.7 Å². The van der Waals surface area contributed by atoms with Gasteiger partial charge in [-0.15, -0.1) is 0 Å². The quantitative estimate of drug-likeness (QED) is 0.829. The molecule has 0 bridgehead atoms. The number of hydrogen-bond acceptors (Lipinski definition) is 4. The highest BCUT2D eigenvalue weighted by Gasteiger charge is 2.44. The maximum Gasteiger partial charge on any atom is 0.410 e. The average molecular weight is 333 g/mol. The molecule has 2 saturated heterocycles. The van der Waals surface area contributed by atoms with Gasteiger partial charge >= 0.3 is 6.09 Å². The first kappa shape index (κ1) is 17.1. The third-order valence-corrected chi connectivity index (χ3v) is 4.55. The molecule has 1 atom stereocenters. The molecule has 3 rings (SSSR count). The van der Waals surface area contributed by atoms with Gasteiger partial charge in [-0.2, -0.15) is 0 Å². The number of nitrogens with zero attached hydrogens (tertiary/aromatic N) is 1. The number of ether oxygens (including phenoxy) is 3. The molecule has 1 spiro atoms. The standard InChI is InChI=1S/C19H27NO4/c1-18(2,3)24-17(21)20-11-9-19(10-12-20)13-16(14-22-19)23-15-7-5-4-6-8-15/h4-8,16H,9-14H2,1-3H3. The summed E-state index contributed by atoms with van der Waals surface area (Å²) < 4.78 is 17.6. The molecular formula is C19H27NO4. The Bertz CT molecular complexity index is 558. The molecule has 24 heavy (non-hydrogen) atoms. The van der Waals surface area contributed by atoms with E-state index >= 15 is 0 Å². The topological polar surface area (TPSA) is 48.0 Å².